The van der Waals surface area contributed by atoms with Gasteiger partial charge < -0.3 is 4.74 Å². The molecule has 1 N–H and O–H groups in total. The van der Waals surface area contributed by atoms with Crippen LogP contribution in [0.15, 0.2) is 30.5 Å². The Morgan fingerprint density at radius 3 is 2.95 bits per heavy atom. The van der Waals surface area contributed by atoms with Gasteiger partial charge in [-0.3, -0.25) is 10.1 Å². The number of amides is 1. The molecule has 1 fully saturated rings. The van der Waals surface area contributed by atoms with Crippen LogP contribution in [-0.2, 0) is 16.0 Å². The van der Waals surface area contributed by atoms with E-state index in [4.69, 9.17) is 16.3 Å². The monoisotopic (exact) mass is 322 g/mol. The third-order valence-corrected chi connectivity index (χ3v) is 4.46. The van der Waals surface area contributed by atoms with Crippen molar-refractivity contribution >= 4 is 34.0 Å². The lowest BCUT2D eigenvalue weighted by atomic mass is 10.1. The molecule has 1 atom stereocenters. The number of hydrogen-bond acceptors (Lipinski definition) is 4. The number of ether oxygens (including phenoxy) is 1. The normalized spacial score (nSPS) is 17.9. The first-order chi connectivity index (χ1) is 10.2. The van der Waals surface area contributed by atoms with Crippen molar-refractivity contribution in [1.29, 1.82) is 0 Å². The van der Waals surface area contributed by atoms with Gasteiger partial charge in [-0.2, -0.15) is 0 Å². The molecule has 0 bridgehead atoms. The van der Waals surface area contributed by atoms with Crippen molar-refractivity contribution < 1.29 is 9.53 Å². The van der Waals surface area contributed by atoms with Crippen LogP contribution >= 0.6 is 22.9 Å². The number of carbonyl (C=O) groups excluding carboxylic acids is 1. The summed E-state index contributed by atoms with van der Waals surface area (Å²) in [6.45, 7) is 0.664. The van der Waals surface area contributed by atoms with E-state index in [0.717, 1.165) is 29.2 Å². The van der Waals surface area contributed by atoms with Crippen LogP contribution in [0.2, 0.25) is 5.02 Å². The molecule has 0 saturated carbocycles. The molecule has 110 valence electrons. The Labute approximate surface area is 132 Å². The van der Waals surface area contributed by atoms with Crippen molar-refractivity contribution in [3.63, 3.8) is 0 Å². The van der Waals surface area contributed by atoms with Gasteiger partial charge in [-0.15, -0.1) is 11.3 Å². The lowest BCUT2D eigenvalue weighted by Crippen LogP contribution is -2.26. The Morgan fingerprint density at radius 2 is 2.24 bits per heavy atom. The second-order valence-electron chi connectivity index (χ2n) is 4.93. The molecule has 1 aliphatic rings. The third-order valence-electron chi connectivity index (χ3n) is 3.30. The molecule has 2 aromatic rings. The Bertz CT molecular complexity index is 621. The van der Waals surface area contributed by atoms with E-state index >= 15 is 0 Å². The molecule has 0 radical (unpaired) electrons. The molecular weight excluding hydrogens is 308 g/mol. The highest BCUT2D eigenvalue weighted by Crippen LogP contribution is 2.23. The zero-order valence-electron chi connectivity index (χ0n) is 11.3. The summed E-state index contributed by atoms with van der Waals surface area (Å²) < 4.78 is 5.35. The van der Waals surface area contributed by atoms with Crippen molar-refractivity contribution in [3.05, 3.63) is 45.9 Å². The fraction of sp³-hybridized carbons (Fsp3) is 0.333. The Balaban J connectivity index is 1.60. The predicted molar refractivity (Wildman–Crippen MR) is 84.0 cm³/mol. The second-order valence-corrected chi connectivity index (χ2v) is 6.48. The number of aromatic nitrogens is 1. The lowest BCUT2D eigenvalue weighted by molar-refractivity contribution is -0.124. The first kappa shape index (κ1) is 14.5. The minimum absolute atomic E-state index is 0.0973. The van der Waals surface area contributed by atoms with Gasteiger partial charge in [-0.05, 0) is 30.5 Å². The van der Waals surface area contributed by atoms with E-state index in [1.54, 1.807) is 6.20 Å². The van der Waals surface area contributed by atoms with E-state index < -0.39 is 0 Å². The molecule has 0 unspecified atom stereocenters. The number of rotatable bonds is 4. The minimum Gasteiger partial charge on any atom is -0.368 e. The third kappa shape index (κ3) is 3.81. The van der Waals surface area contributed by atoms with Crippen LogP contribution in [0.5, 0.6) is 0 Å². The number of thiazole rings is 1. The van der Waals surface area contributed by atoms with Crippen LogP contribution in [0.25, 0.3) is 0 Å². The summed E-state index contributed by atoms with van der Waals surface area (Å²) in [5, 5.41) is 4.18. The summed E-state index contributed by atoms with van der Waals surface area (Å²) in [4.78, 5) is 17.3. The minimum atomic E-state index is -0.325. The molecule has 0 spiro atoms. The summed E-state index contributed by atoms with van der Waals surface area (Å²) in [6, 6.07) is 7.73. The van der Waals surface area contributed by atoms with E-state index in [1.807, 2.05) is 24.3 Å². The largest absolute Gasteiger partial charge is 0.368 e. The highest BCUT2D eigenvalue weighted by molar-refractivity contribution is 7.15. The van der Waals surface area contributed by atoms with E-state index in [0.29, 0.717) is 11.7 Å². The van der Waals surface area contributed by atoms with Crippen LogP contribution in [0.4, 0.5) is 5.13 Å². The summed E-state index contributed by atoms with van der Waals surface area (Å²) in [5.41, 5.74) is 1.17. The number of benzene rings is 1. The van der Waals surface area contributed by atoms with Gasteiger partial charge in [0.05, 0.1) is 0 Å². The van der Waals surface area contributed by atoms with Gasteiger partial charge in [0.25, 0.3) is 5.91 Å². The number of nitrogens with one attached hydrogen (secondary N) is 1. The van der Waals surface area contributed by atoms with Crippen LogP contribution in [0, 0.1) is 0 Å². The molecule has 1 aromatic heterocycles. The lowest BCUT2D eigenvalue weighted by Gasteiger charge is -2.07. The molecule has 1 aliphatic heterocycles. The topological polar surface area (TPSA) is 51.2 Å². The maximum Gasteiger partial charge on any atom is 0.255 e. The zero-order valence-corrected chi connectivity index (χ0v) is 12.9. The van der Waals surface area contributed by atoms with Gasteiger partial charge in [0.1, 0.15) is 6.10 Å². The maximum atomic E-state index is 11.9. The van der Waals surface area contributed by atoms with Crippen molar-refractivity contribution in [2.24, 2.45) is 0 Å². The smallest absolute Gasteiger partial charge is 0.255 e. The van der Waals surface area contributed by atoms with Gasteiger partial charge in [0, 0.05) is 29.1 Å². The van der Waals surface area contributed by atoms with Crippen molar-refractivity contribution in [1.82, 2.24) is 4.98 Å². The van der Waals surface area contributed by atoms with Crippen LogP contribution in [0.3, 0.4) is 0 Å². The van der Waals surface area contributed by atoms with Crippen LogP contribution in [-0.4, -0.2) is 23.6 Å². The highest BCUT2D eigenvalue weighted by atomic mass is 35.5. The molecule has 1 saturated heterocycles. The van der Waals surface area contributed by atoms with Gasteiger partial charge >= 0.3 is 0 Å². The predicted octanol–water partition coefficient (Wildman–Crippen LogP) is 3.50. The Morgan fingerprint density at radius 1 is 1.43 bits per heavy atom. The van der Waals surface area contributed by atoms with Crippen LogP contribution < -0.4 is 5.32 Å². The zero-order chi connectivity index (χ0) is 14.7. The molecule has 1 amide bonds. The van der Waals surface area contributed by atoms with Gasteiger partial charge in [-0.25, -0.2) is 4.98 Å². The molecule has 4 nitrogen and oxygen atoms in total. The first-order valence-corrected chi connectivity index (χ1v) is 8.02. The number of anilines is 1. The quantitative estimate of drug-likeness (QED) is 0.937. The van der Waals surface area contributed by atoms with Crippen molar-refractivity contribution in [2.45, 2.75) is 25.4 Å². The van der Waals surface area contributed by atoms with E-state index in [2.05, 4.69) is 10.3 Å². The standard InChI is InChI=1S/C15H15ClN2O2S/c16-11-5-3-10(4-6-11)8-12-9-17-15(21-12)18-14(19)13-2-1-7-20-13/h3-6,9,13H,1-2,7-8H2,(H,17,18,19)/t13-/m1/s1. The molecule has 21 heavy (non-hydrogen) atoms. The van der Waals surface area contributed by atoms with E-state index in [9.17, 15) is 4.79 Å². The van der Waals surface area contributed by atoms with E-state index in [1.165, 1.54) is 16.9 Å². The highest BCUT2D eigenvalue weighted by Gasteiger charge is 2.24. The summed E-state index contributed by atoms with van der Waals surface area (Å²) >= 11 is 7.36. The average molecular weight is 323 g/mol. The first-order valence-electron chi connectivity index (χ1n) is 6.82. The van der Waals surface area contributed by atoms with Crippen molar-refractivity contribution in [2.75, 3.05) is 11.9 Å². The van der Waals surface area contributed by atoms with Gasteiger partial charge in [-0.1, -0.05) is 23.7 Å². The SMILES string of the molecule is O=C(Nc1ncc(Cc2ccc(Cl)cc2)s1)[C@H]1CCCO1. The maximum absolute atomic E-state index is 11.9. The number of carbonyl (C=O) groups is 1. The Kier molecular flexibility index (Phi) is 4.53. The van der Waals surface area contributed by atoms with Crippen LogP contribution in [0.1, 0.15) is 23.3 Å². The second kappa shape index (κ2) is 6.56. The molecule has 2 heterocycles. The summed E-state index contributed by atoms with van der Waals surface area (Å²) in [6.07, 6.45) is 3.98. The summed E-state index contributed by atoms with van der Waals surface area (Å²) in [5.74, 6) is -0.0973. The number of nitrogens with zero attached hydrogens (tertiary/aromatic N) is 1. The fourth-order valence-electron chi connectivity index (χ4n) is 2.22. The Hall–Kier alpha value is -1.43. The molecule has 6 heteroatoms. The molecule has 1 aromatic carbocycles. The summed E-state index contributed by atoms with van der Waals surface area (Å²) in [7, 11) is 0. The molecular formula is C15H15ClN2O2S. The van der Waals surface area contributed by atoms with E-state index in [-0.39, 0.29) is 12.0 Å². The average Bonchev–Trinajstić information content (AvgIpc) is 3.13. The fourth-order valence-corrected chi connectivity index (χ4v) is 3.20. The number of hydrogen-bond donors (Lipinski definition) is 1. The number of halogens is 1. The van der Waals surface area contributed by atoms with Crippen molar-refractivity contribution in [3.8, 4) is 0 Å². The molecule has 0 aliphatic carbocycles. The molecule has 3 rings (SSSR count). The van der Waals surface area contributed by atoms with Gasteiger partial charge in [0.2, 0.25) is 0 Å². The van der Waals surface area contributed by atoms with Gasteiger partial charge in [0.15, 0.2) is 5.13 Å².